The second-order valence-electron chi connectivity index (χ2n) is 3.28. The van der Waals surface area contributed by atoms with Gasteiger partial charge in [-0.15, -0.1) is 11.3 Å². The van der Waals surface area contributed by atoms with E-state index in [0.717, 1.165) is 36.4 Å². The van der Waals surface area contributed by atoms with Crippen LogP contribution in [0.15, 0.2) is 0 Å². The van der Waals surface area contributed by atoms with Crippen molar-refractivity contribution in [3.05, 3.63) is 16.0 Å². The first-order chi connectivity index (χ1) is 6.70. The third kappa shape index (κ3) is 2.54. The Kier molecular flexibility index (Phi) is 4.61. The van der Waals surface area contributed by atoms with Crippen LogP contribution in [0.25, 0.3) is 0 Å². The van der Waals surface area contributed by atoms with Gasteiger partial charge in [0.05, 0.1) is 11.0 Å². The molecule has 4 nitrogen and oxygen atoms in total. The number of carbonyl (C=O) groups excluding carboxylic acids is 1. The molecule has 0 bridgehead atoms. The minimum absolute atomic E-state index is 0. The number of nitrogens with two attached hydrogens (primary N) is 1. The van der Waals surface area contributed by atoms with Gasteiger partial charge in [0.15, 0.2) is 0 Å². The van der Waals surface area contributed by atoms with Crippen LogP contribution in [0.5, 0.6) is 0 Å². The van der Waals surface area contributed by atoms with Crippen LogP contribution < -0.4 is 45.7 Å². The zero-order chi connectivity index (χ0) is 10.1. The summed E-state index contributed by atoms with van der Waals surface area (Å²) in [5, 5.41) is 14.5. The van der Waals surface area contributed by atoms with Crippen molar-refractivity contribution in [2.45, 2.75) is 12.8 Å². The van der Waals surface area contributed by atoms with Crippen LogP contribution in [0, 0.1) is 0 Å². The standard InChI is InChI=1S/C9H12N2O2S.Na/c10-8-7(9(12)13)5-1-3-11-4-2-6(5)14-8;/h11H,1-4,10H2,(H,12,13);/q;+1/p-1. The fourth-order valence-corrected chi connectivity index (χ4v) is 2.87. The summed E-state index contributed by atoms with van der Waals surface area (Å²) < 4.78 is 0. The normalized spacial score (nSPS) is 14.9. The van der Waals surface area contributed by atoms with Crippen molar-refractivity contribution in [2.24, 2.45) is 0 Å². The zero-order valence-electron chi connectivity index (χ0n) is 8.63. The van der Waals surface area contributed by atoms with Crippen molar-refractivity contribution in [1.29, 1.82) is 0 Å². The van der Waals surface area contributed by atoms with Gasteiger partial charge in [-0.05, 0) is 31.5 Å². The molecule has 1 aromatic heterocycles. The third-order valence-electron chi connectivity index (χ3n) is 2.40. The van der Waals surface area contributed by atoms with E-state index in [0.29, 0.717) is 5.00 Å². The SMILES string of the molecule is Nc1sc2c(c1C(=O)[O-])CCNCC2.[Na+]. The largest absolute Gasteiger partial charge is 1.00 e. The quantitative estimate of drug-likeness (QED) is 0.492. The Labute approximate surface area is 114 Å². The minimum atomic E-state index is -1.15. The molecule has 2 rings (SSSR count). The predicted molar refractivity (Wildman–Crippen MR) is 53.3 cm³/mol. The van der Waals surface area contributed by atoms with E-state index in [2.05, 4.69) is 5.32 Å². The van der Waals surface area contributed by atoms with Gasteiger partial charge in [0.1, 0.15) is 0 Å². The molecule has 1 aliphatic heterocycles. The number of aromatic carboxylic acids is 1. The number of carboxylic acids is 1. The van der Waals surface area contributed by atoms with Crippen LogP contribution in [-0.4, -0.2) is 19.1 Å². The molecule has 1 aromatic rings. The molecule has 0 aliphatic carbocycles. The number of nitrogens with one attached hydrogen (secondary N) is 1. The summed E-state index contributed by atoms with van der Waals surface area (Å²) in [4.78, 5) is 12.0. The monoisotopic (exact) mass is 234 g/mol. The van der Waals surface area contributed by atoms with Gasteiger partial charge in [0.2, 0.25) is 0 Å². The second-order valence-corrected chi connectivity index (χ2v) is 4.42. The third-order valence-corrected chi connectivity index (χ3v) is 3.52. The van der Waals surface area contributed by atoms with E-state index in [-0.39, 0.29) is 35.1 Å². The maximum Gasteiger partial charge on any atom is 1.00 e. The molecule has 1 aliphatic rings. The number of fused-ring (bicyclic) bond motifs is 1. The molecular formula is C9H11N2NaO2S. The molecule has 15 heavy (non-hydrogen) atoms. The van der Waals surface area contributed by atoms with Crippen molar-refractivity contribution in [1.82, 2.24) is 5.32 Å². The van der Waals surface area contributed by atoms with E-state index in [9.17, 15) is 9.90 Å². The fourth-order valence-electron chi connectivity index (χ4n) is 1.76. The van der Waals surface area contributed by atoms with Gasteiger partial charge in [-0.1, -0.05) is 0 Å². The Hall–Kier alpha value is -0.0700. The van der Waals surface area contributed by atoms with Crippen molar-refractivity contribution in [3.63, 3.8) is 0 Å². The van der Waals surface area contributed by atoms with E-state index < -0.39 is 5.97 Å². The minimum Gasteiger partial charge on any atom is -0.545 e. The van der Waals surface area contributed by atoms with Crippen molar-refractivity contribution < 1.29 is 39.5 Å². The molecule has 0 saturated heterocycles. The van der Waals surface area contributed by atoms with Crippen LogP contribution in [0.2, 0.25) is 0 Å². The Bertz CT molecular complexity index is 378. The van der Waals surface area contributed by atoms with Gasteiger partial charge in [0.25, 0.3) is 0 Å². The summed E-state index contributed by atoms with van der Waals surface area (Å²) >= 11 is 1.38. The predicted octanol–water partition coefficient (Wildman–Crippen LogP) is -3.61. The van der Waals surface area contributed by atoms with Crippen LogP contribution in [0.1, 0.15) is 20.8 Å². The molecule has 0 aromatic carbocycles. The summed E-state index contributed by atoms with van der Waals surface area (Å²) in [6.07, 6.45) is 1.59. The number of nitrogen functional groups attached to an aromatic ring is 1. The summed E-state index contributed by atoms with van der Waals surface area (Å²) in [7, 11) is 0. The van der Waals surface area contributed by atoms with Crippen LogP contribution in [-0.2, 0) is 12.8 Å². The molecule has 0 spiro atoms. The number of carboxylic acid groups (broad SMARTS) is 1. The second kappa shape index (κ2) is 5.32. The first kappa shape index (κ1) is 13.0. The van der Waals surface area contributed by atoms with Crippen molar-refractivity contribution >= 4 is 22.3 Å². The van der Waals surface area contributed by atoms with E-state index in [1.54, 1.807) is 0 Å². The van der Waals surface area contributed by atoms with Crippen LogP contribution in [0.4, 0.5) is 5.00 Å². The van der Waals surface area contributed by atoms with Crippen LogP contribution in [0.3, 0.4) is 0 Å². The number of rotatable bonds is 1. The number of carbonyl (C=O) groups is 1. The van der Waals surface area contributed by atoms with Crippen LogP contribution >= 0.6 is 11.3 Å². The Balaban J connectivity index is 0.00000112. The van der Waals surface area contributed by atoms with Crippen molar-refractivity contribution in [2.75, 3.05) is 18.8 Å². The van der Waals surface area contributed by atoms with E-state index in [1.807, 2.05) is 0 Å². The smallest absolute Gasteiger partial charge is 0.545 e. The molecule has 76 valence electrons. The topological polar surface area (TPSA) is 78.2 Å². The number of anilines is 1. The average Bonchev–Trinajstić information content (AvgIpc) is 2.31. The maximum absolute atomic E-state index is 10.9. The molecule has 0 atom stereocenters. The Morgan fingerprint density at radius 3 is 2.73 bits per heavy atom. The first-order valence-corrected chi connectivity index (χ1v) is 5.34. The summed E-state index contributed by atoms with van der Waals surface area (Å²) in [5.41, 5.74) is 6.74. The first-order valence-electron chi connectivity index (χ1n) is 4.52. The van der Waals surface area contributed by atoms with E-state index >= 15 is 0 Å². The molecule has 0 unspecified atom stereocenters. The van der Waals surface area contributed by atoms with Gasteiger partial charge >= 0.3 is 29.6 Å². The van der Waals surface area contributed by atoms with Gasteiger partial charge in [-0.25, -0.2) is 0 Å². The molecule has 0 fully saturated rings. The van der Waals surface area contributed by atoms with E-state index in [4.69, 9.17) is 5.73 Å². The molecule has 6 heteroatoms. The molecule has 0 radical (unpaired) electrons. The van der Waals surface area contributed by atoms with Crippen molar-refractivity contribution in [3.8, 4) is 0 Å². The number of thiophene rings is 1. The molecular weight excluding hydrogens is 223 g/mol. The molecule has 0 saturated carbocycles. The molecule has 0 amide bonds. The zero-order valence-corrected chi connectivity index (χ0v) is 11.4. The molecule has 3 N–H and O–H groups in total. The number of hydrogen-bond acceptors (Lipinski definition) is 5. The number of hydrogen-bond donors (Lipinski definition) is 2. The summed E-state index contributed by atoms with van der Waals surface area (Å²) in [5.74, 6) is -1.15. The Morgan fingerprint density at radius 1 is 1.40 bits per heavy atom. The van der Waals surface area contributed by atoms with Gasteiger partial charge in [0, 0.05) is 10.4 Å². The average molecular weight is 234 g/mol. The maximum atomic E-state index is 10.9. The summed E-state index contributed by atoms with van der Waals surface area (Å²) in [6.45, 7) is 1.70. The summed E-state index contributed by atoms with van der Waals surface area (Å²) in [6, 6.07) is 0. The molecule has 2 heterocycles. The van der Waals surface area contributed by atoms with Gasteiger partial charge < -0.3 is 21.0 Å². The fraction of sp³-hybridized carbons (Fsp3) is 0.444. The Morgan fingerprint density at radius 2 is 2.07 bits per heavy atom. The van der Waals surface area contributed by atoms with Gasteiger partial charge in [-0.3, -0.25) is 0 Å². The van der Waals surface area contributed by atoms with Gasteiger partial charge in [-0.2, -0.15) is 0 Å². The van der Waals surface area contributed by atoms with E-state index in [1.165, 1.54) is 11.3 Å².